The van der Waals surface area contributed by atoms with Crippen molar-refractivity contribution in [2.24, 2.45) is 5.73 Å². The van der Waals surface area contributed by atoms with Crippen LogP contribution >= 0.6 is 11.6 Å². The van der Waals surface area contributed by atoms with Gasteiger partial charge in [-0.05, 0) is 37.1 Å². The average Bonchev–Trinajstić information content (AvgIpc) is 2.71. The highest BCUT2D eigenvalue weighted by molar-refractivity contribution is 6.30. The summed E-state index contributed by atoms with van der Waals surface area (Å²) in [6.07, 6.45) is 1.51. The number of nitrogens with zero attached hydrogens (tertiary/aromatic N) is 2. The van der Waals surface area contributed by atoms with E-state index in [1.165, 1.54) is 10.9 Å². The summed E-state index contributed by atoms with van der Waals surface area (Å²) in [4.78, 5) is 0. The molecule has 0 aliphatic rings. The minimum absolute atomic E-state index is 0.0285. The summed E-state index contributed by atoms with van der Waals surface area (Å²) in [7, 11) is 0. The van der Waals surface area contributed by atoms with Gasteiger partial charge in [-0.25, -0.2) is 4.68 Å². The molecular formula is C13H15ClFN3. The van der Waals surface area contributed by atoms with Gasteiger partial charge in [0, 0.05) is 17.6 Å². The second-order valence-electron chi connectivity index (χ2n) is 4.39. The number of benzene rings is 1. The van der Waals surface area contributed by atoms with E-state index in [-0.39, 0.29) is 12.0 Å². The molecule has 0 spiro atoms. The number of hydrogen-bond donors (Lipinski definition) is 1. The Morgan fingerprint density at radius 1 is 1.39 bits per heavy atom. The number of aromatic nitrogens is 2. The maximum Gasteiger partial charge on any atom is 0.219 e. The van der Waals surface area contributed by atoms with Crippen LogP contribution in [-0.4, -0.2) is 9.78 Å². The molecule has 0 fully saturated rings. The van der Waals surface area contributed by atoms with Crippen molar-refractivity contribution in [2.45, 2.75) is 26.4 Å². The fourth-order valence-corrected chi connectivity index (χ4v) is 2.04. The summed E-state index contributed by atoms with van der Waals surface area (Å²) in [5.74, 6) is -0.359. The van der Waals surface area contributed by atoms with E-state index >= 15 is 0 Å². The quantitative estimate of drug-likeness (QED) is 0.926. The molecule has 0 radical (unpaired) electrons. The normalized spacial score (nSPS) is 11.2. The Bertz CT molecular complexity index is 563. The van der Waals surface area contributed by atoms with Gasteiger partial charge < -0.3 is 5.73 Å². The molecule has 0 aliphatic heterocycles. The molecule has 2 N–H and O–H groups in total. The molecule has 1 aromatic heterocycles. The molecule has 0 aliphatic carbocycles. The molecule has 3 nitrogen and oxygen atoms in total. The van der Waals surface area contributed by atoms with Crippen LogP contribution in [0, 0.1) is 5.95 Å². The Morgan fingerprint density at radius 3 is 2.67 bits per heavy atom. The van der Waals surface area contributed by atoms with Crippen LogP contribution in [0.1, 0.15) is 25.5 Å². The molecule has 5 heteroatoms. The molecule has 1 aromatic carbocycles. The summed E-state index contributed by atoms with van der Waals surface area (Å²) in [6.45, 7) is 4.09. The SMILES string of the molecule is CC(C)n1ncc(-c2cc(Cl)ccc2CN)c1F. The third kappa shape index (κ3) is 2.26. The molecule has 0 bridgehead atoms. The van der Waals surface area contributed by atoms with Crippen LogP contribution in [0.5, 0.6) is 0 Å². The highest BCUT2D eigenvalue weighted by Gasteiger charge is 2.16. The predicted octanol–water partition coefficient (Wildman–Crippen LogP) is 3.38. The first-order chi connectivity index (χ1) is 8.54. The van der Waals surface area contributed by atoms with Crippen LogP contribution in [0.2, 0.25) is 5.02 Å². The molecule has 0 unspecified atom stereocenters. The Kier molecular flexibility index (Phi) is 3.68. The minimum Gasteiger partial charge on any atom is -0.326 e. The van der Waals surface area contributed by atoms with E-state index in [2.05, 4.69) is 5.10 Å². The van der Waals surface area contributed by atoms with Crippen molar-refractivity contribution in [1.29, 1.82) is 0 Å². The Labute approximate surface area is 110 Å². The standard InChI is InChI=1S/C13H15ClFN3/c1-8(2)18-13(15)12(7-17-18)11-5-10(14)4-3-9(11)6-16/h3-5,7-8H,6,16H2,1-2H3. The van der Waals surface area contributed by atoms with Gasteiger partial charge in [0.1, 0.15) is 0 Å². The van der Waals surface area contributed by atoms with Crippen molar-refractivity contribution in [3.8, 4) is 11.1 Å². The molecule has 96 valence electrons. The third-order valence-electron chi connectivity index (χ3n) is 2.81. The molecule has 1 heterocycles. The lowest BCUT2D eigenvalue weighted by Gasteiger charge is -2.08. The van der Waals surface area contributed by atoms with Gasteiger partial charge in [-0.2, -0.15) is 9.49 Å². The topological polar surface area (TPSA) is 43.8 Å². The van der Waals surface area contributed by atoms with Gasteiger partial charge in [0.25, 0.3) is 0 Å². The van der Waals surface area contributed by atoms with Crippen LogP contribution in [0.4, 0.5) is 4.39 Å². The van der Waals surface area contributed by atoms with Crippen molar-refractivity contribution < 1.29 is 4.39 Å². The van der Waals surface area contributed by atoms with Gasteiger partial charge >= 0.3 is 0 Å². The second-order valence-corrected chi connectivity index (χ2v) is 4.83. The summed E-state index contributed by atoms with van der Waals surface area (Å²) in [6, 6.07) is 5.25. The average molecular weight is 268 g/mol. The molecule has 0 atom stereocenters. The highest BCUT2D eigenvalue weighted by atomic mass is 35.5. The third-order valence-corrected chi connectivity index (χ3v) is 3.04. The van der Waals surface area contributed by atoms with Crippen LogP contribution in [0.25, 0.3) is 11.1 Å². The van der Waals surface area contributed by atoms with Gasteiger partial charge in [0.05, 0.1) is 11.8 Å². The smallest absolute Gasteiger partial charge is 0.219 e. The van der Waals surface area contributed by atoms with E-state index in [0.29, 0.717) is 22.7 Å². The number of hydrogen-bond acceptors (Lipinski definition) is 2. The largest absolute Gasteiger partial charge is 0.326 e. The Hall–Kier alpha value is -1.39. The zero-order chi connectivity index (χ0) is 13.3. The fraction of sp³-hybridized carbons (Fsp3) is 0.308. The van der Waals surface area contributed by atoms with E-state index in [0.717, 1.165) is 5.56 Å². The van der Waals surface area contributed by atoms with Gasteiger partial charge in [0.2, 0.25) is 5.95 Å². The van der Waals surface area contributed by atoms with Gasteiger partial charge in [-0.15, -0.1) is 0 Å². The summed E-state index contributed by atoms with van der Waals surface area (Å²) in [5, 5.41) is 4.61. The Morgan fingerprint density at radius 2 is 2.11 bits per heavy atom. The first kappa shape index (κ1) is 13.1. The molecule has 2 rings (SSSR count). The van der Waals surface area contributed by atoms with E-state index in [1.54, 1.807) is 12.1 Å². The van der Waals surface area contributed by atoms with Crippen LogP contribution in [0.3, 0.4) is 0 Å². The van der Waals surface area contributed by atoms with Crippen LogP contribution in [-0.2, 0) is 6.54 Å². The van der Waals surface area contributed by atoms with Gasteiger partial charge in [-0.1, -0.05) is 17.7 Å². The first-order valence-electron chi connectivity index (χ1n) is 5.76. The van der Waals surface area contributed by atoms with E-state index in [4.69, 9.17) is 17.3 Å². The van der Waals surface area contributed by atoms with Crippen LogP contribution < -0.4 is 5.73 Å². The number of halogens is 2. The molecule has 2 aromatic rings. The maximum atomic E-state index is 14.2. The number of rotatable bonds is 3. The zero-order valence-corrected chi connectivity index (χ0v) is 11.1. The van der Waals surface area contributed by atoms with Crippen molar-refractivity contribution >= 4 is 11.6 Å². The van der Waals surface area contributed by atoms with Gasteiger partial charge in [-0.3, -0.25) is 0 Å². The van der Waals surface area contributed by atoms with E-state index in [1.807, 2.05) is 19.9 Å². The predicted molar refractivity (Wildman–Crippen MR) is 70.9 cm³/mol. The van der Waals surface area contributed by atoms with Crippen molar-refractivity contribution in [3.05, 3.63) is 40.9 Å². The highest BCUT2D eigenvalue weighted by Crippen LogP contribution is 2.29. The van der Waals surface area contributed by atoms with Gasteiger partial charge in [0.15, 0.2) is 0 Å². The summed E-state index contributed by atoms with van der Waals surface area (Å²) >= 11 is 5.95. The van der Waals surface area contributed by atoms with Crippen molar-refractivity contribution in [2.75, 3.05) is 0 Å². The molecule has 0 saturated heterocycles. The lowest BCUT2D eigenvalue weighted by Crippen LogP contribution is -2.06. The minimum atomic E-state index is -0.359. The monoisotopic (exact) mass is 267 g/mol. The number of nitrogens with two attached hydrogens (primary N) is 1. The van der Waals surface area contributed by atoms with Crippen molar-refractivity contribution in [3.63, 3.8) is 0 Å². The summed E-state index contributed by atoms with van der Waals surface area (Å²) < 4.78 is 15.6. The maximum absolute atomic E-state index is 14.2. The lowest BCUT2D eigenvalue weighted by atomic mass is 10.0. The molecular weight excluding hydrogens is 253 g/mol. The van der Waals surface area contributed by atoms with Crippen LogP contribution in [0.15, 0.2) is 24.4 Å². The van der Waals surface area contributed by atoms with E-state index < -0.39 is 0 Å². The van der Waals surface area contributed by atoms with E-state index in [9.17, 15) is 4.39 Å². The molecule has 0 amide bonds. The zero-order valence-electron chi connectivity index (χ0n) is 10.3. The second kappa shape index (κ2) is 5.08. The first-order valence-corrected chi connectivity index (χ1v) is 6.14. The molecule has 18 heavy (non-hydrogen) atoms. The summed E-state index contributed by atoms with van der Waals surface area (Å²) in [5.41, 5.74) is 7.65. The Balaban J connectivity index is 2.58. The molecule has 0 saturated carbocycles. The fourth-order valence-electron chi connectivity index (χ4n) is 1.87. The van der Waals surface area contributed by atoms with Crippen molar-refractivity contribution in [1.82, 2.24) is 9.78 Å². The lowest BCUT2D eigenvalue weighted by molar-refractivity contribution is 0.417.